The second-order valence-corrected chi connectivity index (χ2v) is 7.18. The molecule has 0 unspecified atom stereocenters. The number of aryl methyl sites for hydroxylation is 1. The smallest absolute Gasteiger partial charge is 0.412 e. The number of benzene rings is 1. The summed E-state index contributed by atoms with van der Waals surface area (Å²) in [4.78, 5) is 16.3. The van der Waals surface area contributed by atoms with Gasteiger partial charge in [0, 0.05) is 18.3 Å². The molecule has 0 atom stereocenters. The second kappa shape index (κ2) is 5.92. The lowest BCUT2D eigenvalue weighted by Gasteiger charge is -2.20. The topological polar surface area (TPSA) is 56.1 Å². The van der Waals surface area contributed by atoms with Crippen molar-refractivity contribution in [2.24, 2.45) is 0 Å². The number of amides is 1. The molecule has 0 spiro atoms. The molecule has 1 fully saturated rings. The lowest BCUT2D eigenvalue weighted by Crippen LogP contribution is -2.27. The minimum Gasteiger partial charge on any atom is -0.444 e. The average Bonchev–Trinajstić information content (AvgIpc) is 3.18. The van der Waals surface area contributed by atoms with Crippen molar-refractivity contribution >= 4 is 11.8 Å². The molecule has 1 amide bonds. The van der Waals surface area contributed by atoms with Crippen LogP contribution in [-0.4, -0.2) is 21.2 Å². The van der Waals surface area contributed by atoms with Gasteiger partial charge in [-0.05, 0) is 58.2 Å². The molecule has 1 aromatic heterocycles. The van der Waals surface area contributed by atoms with Crippen LogP contribution in [0.3, 0.4) is 0 Å². The first-order valence-corrected chi connectivity index (χ1v) is 8.08. The minimum absolute atomic E-state index is 0.0975. The predicted molar refractivity (Wildman–Crippen MR) is 90.1 cm³/mol. The van der Waals surface area contributed by atoms with Crippen LogP contribution in [0.25, 0.3) is 5.69 Å². The zero-order valence-electron chi connectivity index (χ0n) is 14.4. The molecule has 1 saturated carbocycles. The van der Waals surface area contributed by atoms with E-state index >= 15 is 0 Å². The van der Waals surface area contributed by atoms with Gasteiger partial charge in [-0.15, -0.1) is 0 Å². The van der Waals surface area contributed by atoms with Gasteiger partial charge in [0.05, 0.1) is 11.4 Å². The summed E-state index contributed by atoms with van der Waals surface area (Å²) in [5.74, 6) is 0.954. The first-order valence-electron chi connectivity index (χ1n) is 8.08. The average molecular weight is 331 g/mol. The van der Waals surface area contributed by atoms with Crippen molar-refractivity contribution in [1.82, 2.24) is 9.55 Å². The van der Waals surface area contributed by atoms with Crippen molar-refractivity contribution in [3.63, 3.8) is 0 Å². The zero-order valence-corrected chi connectivity index (χ0v) is 14.4. The molecule has 0 saturated heterocycles. The number of hydrogen-bond donors (Lipinski definition) is 1. The van der Waals surface area contributed by atoms with E-state index in [1.54, 1.807) is 33.0 Å². The third-order valence-corrected chi connectivity index (χ3v) is 3.79. The Morgan fingerprint density at radius 3 is 2.71 bits per heavy atom. The molecule has 0 aliphatic heterocycles. The van der Waals surface area contributed by atoms with Gasteiger partial charge in [-0.1, -0.05) is 0 Å². The second-order valence-electron chi connectivity index (χ2n) is 7.18. The van der Waals surface area contributed by atoms with Crippen LogP contribution in [0, 0.1) is 12.7 Å². The number of aromatic nitrogens is 2. The summed E-state index contributed by atoms with van der Waals surface area (Å²) in [5.41, 5.74) is 1.04. The van der Waals surface area contributed by atoms with Crippen molar-refractivity contribution in [1.29, 1.82) is 0 Å². The zero-order chi connectivity index (χ0) is 17.5. The molecule has 128 valence electrons. The third-order valence-electron chi connectivity index (χ3n) is 3.79. The maximum atomic E-state index is 14.2. The SMILES string of the molecule is Cc1cc(F)c(NC(=O)OC(C)(C)C)cc1-n1ccnc1C1CC1. The number of carbonyl (C=O) groups excluding carboxylic acids is 1. The van der Waals surface area contributed by atoms with Gasteiger partial charge in [-0.25, -0.2) is 14.2 Å². The lowest BCUT2D eigenvalue weighted by molar-refractivity contribution is 0.0635. The molecule has 1 aromatic carbocycles. The summed E-state index contributed by atoms with van der Waals surface area (Å²) >= 11 is 0. The van der Waals surface area contributed by atoms with E-state index in [9.17, 15) is 9.18 Å². The van der Waals surface area contributed by atoms with Gasteiger partial charge in [-0.2, -0.15) is 0 Å². The normalized spacial score (nSPS) is 14.5. The first kappa shape index (κ1) is 16.5. The van der Waals surface area contributed by atoms with Crippen LogP contribution >= 0.6 is 0 Å². The fraction of sp³-hybridized carbons (Fsp3) is 0.444. The molecular weight excluding hydrogens is 309 g/mol. The highest BCUT2D eigenvalue weighted by molar-refractivity contribution is 5.85. The standard InChI is InChI=1S/C18H22FN3O2/c1-11-9-13(19)14(21-17(23)24-18(2,3)4)10-15(11)22-8-7-20-16(22)12-5-6-12/h7-10,12H,5-6H2,1-4H3,(H,21,23). The molecule has 1 aliphatic rings. The quantitative estimate of drug-likeness (QED) is 0.898. The Kier molecular flexibility index (Phi) is 4.07. The van der Waals surface area contributed by atoms with Gasteiger partial charge in [0.2, 0.25) is 0 Å². The van der Waals surface area contributed by atoms with Crippen LogP contribution < -0.4 is 5.32 Å². The Balaban J connectivity index is 1.91. The van der Waals surface area contributed by atoms with E-state index in [1.165, 1.54) is 6.07 Å². The Hall–Kier alpha value is -2.37. The highest BCUT2D eigenvalue weighted by Gasteiger charge is 2.29. The van der Waals surface area contributed by atoms with Crippen molar-refractivity contribution < 1.29 is 13.9 Å². The van der Waals surface area contributed by atoms with E-state index in [0.29, 0.717) is 5.92 Å². The first-order chi connectivity index (χ1) is 11.2. The van der Waals surface area contributed by atoms with Crippen LogP contribution in [0.15, 0.2) is 24.5 Å². The van der Waals surface area contributed by atoms with E-state index in [1.807, 2.05) is 17.7 Å². The van der Waals surface area contributed by atoms with Crippen LogP contribution in [0.1, 0.15) is 50.9 Å². The summed E-state index contributed by atoms with van der Waals surface area (Å²) in [7, 11) is 0. The van der Waals surface area contributed by atoms with E-state index in [-0.39, 0.29) is 5.69 Å². The maximum absolute atomic E-state index is 14.2. The van der Waals surface area contributed by atoms with Crippen molar-refractivity contribution in [2.75, 3.05) is 5.32 Å². The molecule has 5 nitrogen and oxygen atoms in total. The van der Waals surface area contributed by atoms with Crippen molar-refractivity contribution in [2.45, 2.75) is 52.1 Å². The predicted octanol–water partition coefficient (Wildman–Crippen LogP) is 4.54. The Bertz CT molecular complexity index is 773. The molecule has 1 N–H and O–H groups in total. The molecule has 0 bridgehead atoms. The Morgan fingerprint density at radius 1 is 1.38 bits per heavy atom. The maximum Gasteiger partial charge on any atom is 0.412 e. The molecular formula is C18H22FN3O2. The fourth-order valence-corrected chi connectivity index (χ4v) is 2.59. The monoisotopic (exact) mass is 331 g/mol. The van der Waals surface area contributed by atoms with Crippen molar-refractivity contribution in [3.05, 3.63) is 41.7 Å². The van der Waals surface area contributed by atoms with Gasteiger partial charge in [0.25, 0.3) is 0 Å². The molecule has 1 heterocycles. The number of carbonyl (C=O) groups is 1. The highest BCUT2D eigenvalue weighted by atomic mass is 19.1. The largest absolute Gasteiger partial charge is 0.444 e. The third kappa shape index (κ3) is 3.58. The number of nitrogens with zero attached hydrogens (tertiary/aromatic N) is 2. The molecule has 2 aromatic rings. The van der Waals surface area contributed by atoms with Gasteiger partial charge in [-0.3, -0.25) is 5.32 Å². The van der Waals surface area contributed by atoms with E-state index in [2.05, 4.69) is 10.3 Å². The lowest BCUT2D eigenvalue weighted by atomic mass is 10.1. The molecule has 3 rings (SSSR count). The summed E-state index contributed by atoms with van der Waals surface area (Å²) in [5, 5.41) is 2.49. The highest BCUT2D eigenvalue weighted by Crippen LogP contribution is 2.40. The molecule has 0 radical (unpaired) electrons. The number of hydrogen-bond acceptors (Lipinski definition) is 3. The Labute approximate surface area is 140 Å². The number of ether oxygens (including phenoxy) is 1. The van der Waals surface area contributed by atoms with Gasteiger partial charge >= 0.3 is 6.09 Å². The number of halogens is 1. The van der Waals surface area contributed by atoms with Gasteiger partial charge in [0.1, 0.15) is 17.2 Å². The van der Waals surface area contributed by atoms with Crippen LogP contribution in [0.2, 0.25) is 0 Å². The molecule has 1 aliphatic carbocycles. The molecule has 24 heavy (non-hydrogen) atoms. The summed E-state index contributed by atoms with van der Waals surface area (Å²) in [6, 6.07) is 3.04. The summed E-state index contributed by atoms with van der Waals surface area (Å²) in [6.07, 6.45) is 5.19. The van der Waals surface area contributed by atoms with E-state index in [4.69, 9.17) is 4.74 Å². The number of imidazole rings is 1. The summed E-state index contributed by atoms with van der Waals surface area (Å²) < 4.78 is 21.4. The van der Waals surface area contributed by atoms with E-state index < -0.39 is 17.5 Å². The number of rotatable bonds is 3. The number of anilines is 1. The van der Waals surface area contributed by atoms with E-state index in [0.717, 1.165) is 29.9 Å². The fourth-order valence-electron chi connectivity index (χ4n) is 2.59. The number of nitrogens with one attached hydrogen (secondary N) is 1. The van der Waals surface area contributed by atoms with Crippen LogP contribution in [0.4, 0.5) is 14.9 Å². The van der Waals surface area contributed by atoms with Gasteiger partial charge in [0.15, 0.2) is 0 Å². The van der Waals surface area contributed by atoms with Gasteiger partial charge < -0.3 is 9.30 Å². The molecule has 6 heteroatoms. The van der Waals surface area contributed by atoms with Crippen LogP contribution in [0.5, 0.6) is 0 Å². The minimum atomic E-state index is -0.677. The van der Waals surface area contributed by atoms with Crippen molar-refractivity contribution in [3.8, 4) is 5.69 Å². The van der Waals surface area contributed by atoms with Crippen LogP contribution in [-0.2, 0) is 4.74 Å². The summed E-state index contributed by atoms with van der Waals surface area (Å²) in [6.45, 7) is 7.12. The Morgan fingerprint density at radius 2 is 2.08 bits per heavy atom.